The van der Waals surface area contributed by atoms with Gasteiger partial charge in [-0.25, -0.2) is 9.37 Å². The highest BCUT2D eigenvalue weighted by Gasteiger charge is 2.18. The van der Waals surface area contributed by atoms with Crippen molar-refractivity contribution in [1.82, 2.24) is 9.55 Å². The molecule has 1 unspecified atom stereocenters. The minimum Gasteiger partial charge on any atom is -0.294 e. The van der Waals surface area contributed by atoms with Crippen molar-refractivity contribution in [2.75, 3.05) is 0 Å². The van der Waals surface area contributed by atoms with Crippen LogP contribution >= 0.6 is 34.8 Å². The Hall–Kier alpha value is -1.29. The Bertz CT molecular complexity index is 827. The van der Waals surface area contributed by atoms with Gasteiger partial charge in [0.2, 0.25) is 0 Å². The first-order valence-electron chi connectivity index (χ1n) is 6.25. The van der Waals surface area contributed by atoms with Crippen LogP contribution in [0.25, 0.3) is 16.7 Å². The van der Waals surface area contributed by atoms with E-state index in [-0.39, 0.29) is 11.2 Å². The van der Waals surface area contributed by atoms with Gasteiger partial charge in [-0.2, -0.15) is 0 Å². The lowest BCUT2D eigenvalue weighted by molar-refractivity contribution is 0.629. The Morgan fingerprint density at radius 2 is 1.90 bits per heavy atom. The number of fused-ring (bicyclic) bond motifs is 1. The Morgan fingerprint density at radius 3 is 2.57 bits per heavy atom. The van der Waals surface area contributed by atoms with Crippen molar-refractivity contribution in [3.63, 3.8) is 0 Å². The van der Waals surface area contributed by atoms with Crippen molar-refractivity contribution in [3.8, 4) is 5.69 Å². The molecule has 0 N–H and O–H groups in total. The van der Waals surface area contributed by atoms with Gasteiger partial charge in [-0.05, 0) is 37.3 Å². The van der Waals surface area contributed by atoms with E-state index >= 15 is 0 Å². The summed E-state index contributed by atoms with van der Waals surface area (Å²) in [5.74, 6) is 0.254. The van der Waals surface area contributed by atoms with Crippen LogP contribution in [0.15, 0.2) is 36.4 Å². The molecule has 3 rings (SSSR count). The fraction of sp³-hybridized carbons (Fsp3) is 0.133. The number of benzene rings is 2. The Kier molecular flexibility index (Phi) is 3.82. The molecule has 0 bridgehead atoms. The molecule has 0 saturated heterocycles. The zero-order valence-electron chi connectivity index (χ0n) is 10.9. The third kappa shape index (κ3) is 2.61. The molecular formula is C15H10Cl3FN2. The summed E-state index contributed by atoms with van der Waals surface area (Å²) in [5.41, 5.74) is 1.98. The molecule has 2 aromatic carbocycles. The maximum Gasteiger partial charge on any atom is 0.132 e. The molecule has 0 radical (unpaired) electrons. The molecular weight excluding hydrogens is 334 g/mol. The minimum atomic E-state index is -0.354. The van der Waals surface area contributed by atoms with Gasteiger partial charge in [0.25, 0.3) is 0 Å². The molecule has 1 aromatic heterocycles. The maximum atomic E-state index is 13.4. The van der Waals surface area contributed by atoms with E-state index < -0.39 is 0 Å². The second-order valence-corrected chi connectivity index (χ2v) is 6.15. The number of halogens is 4. The van der Waals surface area contributed by atoms with Gasteiger partial charge in [-0.3, -0.25) is 4.57 Å². The molecule has 0 aliphatic carbocycles. The van der Waals surface area contributed by atoms with Crippen LogP contribution in [0.2, 0.25) is 10.0 Å². The van der Waals surface area contributed by atoms with E-state index in [1.165, 1.54) is 12.1 Å². The van der Waals surface area contributed by atoms with Crippen molar-refractivity contribution in [2.45, 2.75) is 12.3 Å². The summed E-state index contributed by atoms with van der Waals surface area (Å²) in [7, 11) is 0. The van der Waals surface area contributed by atoms with Crippen molar-refractivity contribution < 1.29 is 4.39 Å². The summed E-state index contributed by atoms with van der Waals surface area (Å²) in [6.07, 6.45) is 0. The average Bonchev–Trinajstić information content (AvgIpc) is 2.77. The van der Waals surface area contributed by atoms with E-state index in [9.17, 15) is 4.39 Å². The number of nitrogens with zero attached hydrogens (tertiary/aromatic N) is 2. The molecule has 0 fully saturated rings. The molecule has 0 saturated carbocycles. The van der Waals surface area contributed by atoms with Gasteiger partial charge in [0, 0.05) is 11.1 Å². The first-order valence-corrected chi connectivity index (χ1v) is 7.44. The predicted molar refractivity (Wildman–Crippen MR) is 85.3 cm³/mol. The van der Waals surface area contributed by atoms with Crippen molar-refractivity contribution in [3.05, 3.63) is 58.1 Å². The van der Waals surface area contributed by atoms with Crippen LogP contribution in [0.5, 0.6) is 0 Å². The third-order valence-corrected chi connectivity index (χ3v) is 3.88. The lowest BCUT2D eigenvalue weighted by Gasteiger charge is -2.12. The Morgan fingerprint density at radius 1 is 1.14 bits per heavy atom. The zero-order chi connectivity index (χ0) is 15.1. The maximum absolute atomic E-state index is 13.4. The summed E-state index contributed by atoms with van der Waals surface area (Å²) >= 11 is 18.4. The normalized spacial score (nSPS) is 12.8. The number of imidazole rings is 1. The molecule has 0 amide bonds. The first kappa shape index (κ1) is 14.6. The number of aromatic nitrogens is 2. The SMILES string of the molecule is CC(Cl)c1nc2cc(F)ccc2n1-c1ccc(Cl)cc1Cl. The highest BCUT2D eigenvalue weighted by molar-refractivity contribution is 6.35. The van der Waals surface area contributed by atoms with Gasteiger partial charge in [0.1, 0.15) is 11.6 Å². The summed E-state index contributed by atoms with van der Waals surface area (Å²) in [6.45, 7) is 1.81. The van der Waals surface area contributed by atoms with Gasteiger partial charge in [-0.15, -0.1) is 11.6 Å². The van der Waals surface area contributed by atoms with Crippen molar-refractivity contribution in [2.24, 2.45) is 0 Å². The van der Waals surface area contributed by atoms with Crippen LogP contribution in [0.1, 0.15) is 18.1 Å². The first-order chi connectivity index (χ1) is 9.97. The van der Waals surface area contributed by atoms with E-state index in [0.717, 1.165) is 5.52 Å². The number of hydrogen-bond donors (Lipinski definition) is 0. The molecule has 108 valence electrons. The Labute approximate surface area is 136 Å². The van der Waals surface area contributed by atoms with Crippen molar-refractivity contribution >= 4 is 45.8 Å². The molecule has 1 heterocycles. The van der Waals surface area contributed by atoms with E-state index in [1.54, 1.807) is 31.2 Å². The molecule has 1 atom stereocenters. The molecule has 2 nitrogen and oxygen atoms in total. The van der Waals surface area contributed by atoms with Crippen LogP contribution in [0.4, 0.5) is 4.39 Å². The van der Waals surface area contributed by atoms with Gasteiger partial charge in [-0.1, -0.05) is 23.2 Å². The van der Waals surface area contributed by atoms with Crippen LogP contribution < -0.4 is 0 Å². The van der Waals surface area contributed by atoms with E-state index in [2.05, 4.69) is 4.98 Å². The largest absolute Gasteiger partial charge is 0.294 e. The van der Waals surface area contributed by atoms with Crippen molar-refractivity contribution in [1.29, 1.82) is 0 Å². The van der Waals surface area contributed by atoms with E-state index in [1.807, 2.05) is 4.57 Å². The monoisotopic (exact) mass is 342 g/mol. The quantitative estimate of drug-likeness (QED) is 0.540. The average molecular weight is 344 g/mol. The summed E-state index contributed by atoms with van der Waals surface area (Å²) < 4.78 is 15.2. The van der Waals surface area contributed by atoms with Gasteiger partial charge < -0.3 is 0 Å². The highest BCUT2D eigenvalue weighted by Crippen LogP contribution is 2.32. The molecule has 0 spiro atoms. The minimum absolute atomic E-state index is 0.344. The standard InChI is InChI=1S/C15H10Cl3FN2/c1-8(16)15-20-12-7-10(19)3-5-14(12)21(15)13-4-2-9(17)6-11(13)18/h2-8H,1H3. The molecule has 0 aliphatic rings. The lowest BCUT2D eigenvalue weighted by atomic mass is 10.2. The van der Waals surface area contributed by atoms with Gasteiger partial charge in [0.05, 0.1) is 27.1 Å². The molecule has 21 heavy (non-hydrogen) atoms. The molecule has 0 aliphatic heterocycles. The van der Waals surface area contributed by atoms with Gasteiger partial charge in [0.15, 0.2) is 0 Å². The lowest BCUT2D eigenvalue weighted by Crippen LogP contribution is -2.02. The van der Waals surface area contributed by atoms with Crippen LogP contribution in [0, 0.1) is 5.82 Å². The highest BCUT2D eigenvalue weighted by atomic mass is 35.5. The van der Waals surface area contributed by atoms with Crippen LogP contribution in [-0.4, -0.2) is 9.55 Å². The molecule has 3 aromatic rings. The fourth-order valence-electron chi connectivity index (χ4n) is 2.25. The topological polar surface area (TPSA) is 17.8 Å². The molecule has 6 heteroatoms. The van der Waals surface area contributed by atoms with E-state index in [0.29, 0.717) is 27.1 Å². The number of rotatable bonds is 2. The second kappa shape index (κ2) is 5.48. The summed E-state index contributed by atoms with van der Waals surface area (Å²) in [6, 6.07) is 9.59. The third-order valence-electron chi connectivity index (χ3n) is 3.15. The number of hydrogen-bond acceptors (Lipinski definition) is 1. The number of alkyl halides is 1. The fourth-order valence-corrected chi connectivity index (χ4v) is 2.89. The second-order valence-electron chi connectivity index (χ2n) is 4.65. The predicted octanol–water partition coefficient (Wildman–Crippen LogP) is 5.77. The zero-order valence-corrected chi connectivity index (χ0v) is 13.2. The van der Waals surface area contributed by atoms with Gasteiger partial charge >= 0.3 is 0 Å². The summed E-state index contributed by atoms with van der Waals surface area (Å²) in [5, 5.41) is 0.664. The van der Waals surface area contributed by atoms with Crippen LogP contribution in [-0.2, 0) is 0 Å². The van der Waals surface area contributed by atoms with Crippen LogP contribution in [0.3, 0.4) is 0 Å². The smallest absolute Gasteiger partial charge is 0.132 e. The van der Waals surface area contributed by atoms with E-state index in [4.69, 9.17) is 34.8 Å². The summed E-state index contributed by atoms with van der Waals surface area (Å²) in [4.78, 5) is 4.41. The Balaban J connectivity index is 2.36.